The van der Waals surface area contributed by atoms with Gasteiger partial charge in [-0.05, 0) is 37.0 Å². The van der Waals surface area contributed by atoms with Crippen LogP contribution in [0, 0.1) is 11.6 Å². The Morgan fingerprint density at radius 2 is 1.91 bits per heavy atom. The molecular weight excluding hydrogens is 422 g/mol. The molecule has 0 aliphatic carbocycles. The number of anilines is 1. The van der Waals surface area contributed by atoms with Gasteiger partial charge in [-0.25, -0.2) is 13.8 Å². The summed E-state index contributed by atoms with van der Waals surface area (Å²) in [7, 11) is 0. The van der Waals surface area contributed by atoms with Crippen LogP contribution in [-0.4, -0.2) is 32.5 Å². The molecule has 0 saturated heterocycles. The van der Waals surface area contributed by atoms with E-state index in [0.717, 1.165) is 37.3 Å². The van der Waals surface area contributed by atoms with Crippen molar-refractivity contribution >= 4 is 22.6 Å². The summed E-state index contributed by atoms with van der Waals surface area (Å²) < 4.78 is 27.1. The van der Waals surface area contributed by atoms with Gasteiger partial charge < -0.3 is 21.4 Å². The van der Waals surface area contributed by atoms with E-state index in [4.69, 9.17) is 10.8 Å². The van der Waals surface area contributed by atoms with Crippen molar-refractivity contribution in [3.8, 4) is 0 Å². The number of rotatable bonds is 9. The predicted octanol–water partition coefficient (Wildman–Crippen LogP) is 2.52. The van der Waals surface area contributed by atoms with Crippen LogP contribution in [0.1, 0.15) is 47.2 Å². The second-order valence-corrected chi connectivity index (χ2v) is 7.43. The molecule has 0 atom stereocenters. The predicted molar refractivity (Wildman–Crippen MR) is 114 cm³/mol. The maximum Gasteiger partial charge on any atom is 0.299 e. The minimum Gasteiger partial charge on any atom is -0.423 e. The van der Waals surface area contributed by atoms with E-state index >= 15 is 0 Å². The monoisotopic (exact) mass is 446 g/mol. The van der Waals surface area contributed by atoms with Crippen molar-refractivity contribution in [3.63, 3.8) is 0 Å². The average molecular weight is 446 g/mol. The van der Waals surface area contributed by atoms with Gasteiger partial charge in [-0.2, -0.15) is 0 Å². The number of aliphatic hydroxyl groups excluding tert-OH is 1. The zero-order valence-electron chi connectivity index (χ0n) is 17.3. The Balaban J connectivity index is 1.85. The van der Waals surface area contributed by atoms with Crippen LogP contribution in [0.2, 0.25) is 0 Å². The maximum absolute atomic E-state index is 13.8. The van der Waals surface area contributed by atoms with Crippen molar-refractivity contribution < 1.29 is 23.9 Å². The number of hydrogen-bond donors (Lipinski definition) is 4. The van der Waals surface area contributed by atoms with Crippen LogP contribution in [-0.2, 0) is 13.0 Å². The van der Waals surface area contributed by atoms with Gasteiger partial charge in [0.2, 0.25) is 0 Å². The first kappa shape index (κ1) is 23.1. The molecule has 170 valence electrons. The highest BCUT2D eigenvalue weighted by atomic mass is 19.1. The molecule has 1 amide bonds. The number of nitrogens with one attached hydrogen (secondary N) is 1. The summed E-state index contributed by atoms with van der Waals surface area (Å²) in [5, 5.41) is 21.7. The molecule has 0 unspecified atom stereocenters. The Bertz CT molecular complexity index is 1200. The Labute approximate surface area is 182 Å². The Morgan fingerprint density at radius 1 is 1.16 bits per heavy atom. The van der Waals surface area contributed by atoms with Crippen LogP contribution in [0.4, 0.5) is 14.5 Å². The minimum absolute atomic E-state index is 0.0218. The molecule has 0 fully saturated rings. The van der Waals surface area contributed by atoms with Crippen molar-refractivity contribution in [1.82, 2.24) is 15.0 Å². The normalized spacial score (nSPS) is 11.1. The number of nitrogens with zero attached hydrogens (tertiary/aromatic N) is 2. The molecule has 2 heterocycles. The number of unbranched alkanes of at least 4 members (excludes halogenated alkanes) is 3. The summed E-state index contributed by atoms with van der Waals surface area (Å²) in [5.41, 5.74) is 5.14. The van der Waals surface area contributed by atoms with Gasteiger partial charge in [-0.1, -0.05) is 18.9 Å². The lowest BCUT2D eigenvalue weighted by Gasteiger charge is -2.12. The maximum atomic E-state index is 13.8. The Hall–Kier alpha value is -3.53. The van der Waals surface area contributed by atoms with E-state index in [0.29, 0.717) is 12.5 Å². The molecule has 5 N–H and O–H groups in total. The highest BCUT2D eigenvalue weighted by Crippen LogP contribution is 2.23. The van der Waals surface area contributed by atoms with Crippen molar-refractivity contribution in [3.05, 3.63) is 69.1 Å². The van der Waals surface area contributed by atoms with Gasteiger partial charge in [0.05, 0.1) is 5.69 Å². The van der Waals surface area contributed by atoms with Crippen LogP contribution in [0.15, 0.2) is 35.3 Å². The van der Waals surface area contributed by atoms with Gasteiger partial charge in [0, 0.05) is 36.4 Å². The van der Waals surface area contributed by atoms with E-state index in [1.807, 2.05) is 0 Å². The molecular formula is C22H24F2N4O4. The largest absolute Gasteiger partial charge is 0.423 e. The minimum atomic E-state index is -1.06. The molecule has 0 aliphatic rings. The number of carbonyl (C=O) groups excluding carboxylic acids is 1. The molecule has 2 aromatic heterocycles. The SMILES string of the molecule is Nc1c(C(=O)NCc2ccc(F)cc2F)c(=O)n(O)c2ncc(CCCCCCO)cc12. The number of aliphatic hydroxyl groups is 1. The molecule has 8 nitrogen and oxygen atoms in total. The summed E-state index contributed by atoms with van der Waals surface area (Å²) in [5.74, 6) is -2.50. The van der Waals surface area contributed by atoms with Crippen molar-refractivity contribution in [1.29, 1.82) is 0 Å². The number of hydrogen-bond acceptors (Lipinski definition) is 6. The van der Waals surface area contributed by atoms with Crippen molar-refractivity contribution in [2.45, 2.75) is 38.6 Å². The van der Waals surface area contributed by atoms with Gasteiger partial charge in [-0.15, -0.1) is 4.73 Å². The van der Waals surface area contributed by atoms with E-state index in [9.17, 15) is 23.6 Å². The van der Waals surface area contributed by atoms with Crippen LogP contribution < -0.4 is 16.6 Å². The molecule has 3 rings (SSSR count). The lowest BCUT2D eigenvalue weighted by Crippen LogP contribution is -2.34. The number of aromatic nitrogens is 2. The van der Waals surface area contributed by atoms with Gasteiger partial charge in [-0.3, -0.25) is 9.59 Å². The third-order valence-corrected chi connectivity index (χ3v) is 5.14. The number of amides is 1. The van der Waals surface area contributed by atoms with Crippen molar-refractivity contribution in [2.24, 2.45) is 0 Å². The second-order valence-electron chi connectivity index (χ2n) is 7.43. The number of fused-ring (bicyclic) bond motifs is 1. The molecule has 0 radical (unpaired) electrons. The van der Waals surface area contributed by atoms with E-state index in [1.54, 1.807) is 6.07 Å². The first-order chi connectivity index (χ1) is 15.3. The summed E-state index contributed by atoms with van der Waals surface area (Å²) >= 11 is 0. The number of nitrogen functional groups attached to an aromatic ring is 1. The number of nitrogens with two attached hydrogens (primary N) is 1. The topological polar surface area (TPSA) is 130 Å². The molecule has 3 aromatic rings. The molecule has 0 spiro atoms. The molecule has 0 bridgehead atoms. The summed E-state index contributed by atoms with van der Waals surface area (Å²) in [6.45, 7) is -0.153. The van der Waals surface area contributed by atoms with Crippen molar-refractivity contribution in [2.75, 3.05) is 12.3 Å². The van der Waals surface area contributed by atoms with Gasteiger partial charge in [0.1, 0.15) is 17.2 Å². The lowest BCUT2D eigenvalue weighted by atomic mass is 10.0. The molecule has 1 aromatic carbocycles. The lowest BCUT2D eigenvalue weighted by molar-refractivity contribution is 0.0944. The third kappa shape index (κ3) is 5.02. The Morgan fingerprint density at radius 3 is 2.62 bits per heavy atom. The van der Waals surface area contributed by atoms with E-state index < -0.39 is 28.7 Å². The van der Waals surface area contributed by atoms with Crippen LogP contribution in [0.3, 0.4) is 0 Å². The molecule has 0 saturated carbocycles. The first-order valence-corrected chi connectivity index (χ1v) is 10.2. The summed E-state index contributed by atoms with van der Waals surface area (Å²) in [6, 6.07) is 4.57. The highest BCUT2D eigenvalue weighted by molar-refractivity contribution is 6.05. The fourth-order valence-electron chi connectivity index (χ4n) is 3.40. The average Bonchev–Trinajstić information content (AvgIpc) is 2.77. The quantitative estimate of drug-likeness (QED) is 0.295. The van der Waals surface area contributed by atoms with E-state index in [-0.39, 0.29) is 40.2 Å². The number of benzene rings is 1. The van der Waals surface area contributed by atoms with Gasteiger partial charge in [0.25, 0.3) is 11.5 Å². The standard InChI is InChI=1S/C22H24F2N4O4/c23-15-7-6-14(17(24)10-15)12-27-21(30)18-19(25)16-9-13(5-3-1-2-4-8-29)11-26-20(16)28(32)22(18)31/h6-7,9-11,29,32H,1-5,8,12,25H2,(H,27,30). The summed E-state index contributed by atoms with van der Waals surface area (Å²) in [4.78, 5) is 29.3. The van der Waals surface area contributed by atoms with Crippen LogP contribution in [0.25, 0.3) is 11.0 Å². The van der Waals surface area contributed by atoms with Crippen LogP contribution in [0.5, 0.6) is 0 Å². The van der Waals surface area contributed by atoms with Crippen LogP contribution >= 0.6 is 0 Å². The molecule has 10 heteroatoms. The number of halogens is 2. The fourth-order valence-corrected chi connectivity index (χ4v) is 3.40. The molecule has 0 aliphatic heterocycles. The van der Waals surface area contributed by atoms with E-state index in [1.165, 1.54) is 12.3 Å². The third-order valence-electron chi connectivity index (χ3n) is 5.14. The highest BCUT2D eigenvalue weighted by Gasteiger charge is 2.22. The zero-order chi connectivity index (χ0) is 23.3. The summed E-state index contributed by atoms with van der Waals surface area (Å²) in [6.07, 6.45) is 5.60. The smallest absolute Gasteiger partial charge is 0.299 e. The number of pyridine rings is 2. The van der Waals surface area contributed by atoms with Gasteiger partial charge in [0.15, 0.2) is 5.65 Å². The van der Waals surface area contributed by atoms with E-state index in [2.05, 4.69) is 10.3 Å². The first-order valence-electron chi connectivity index (χ1n) is 10.2. The number of carbonyl (C=O) groups is 1. The zero-order valence-corrected chi connectivity index (χ0v) is 17.3. The molecule has 32 heavy (non-hydrogen) atoms. The second kappa shape index (κ2) is 10.2. The fraction of sp³-hybridized carbons (Fsp3) is 0.318. The Kier molecular flexibility index (Phi) is 7.37. The van der Waals surface area contributed by atoms with Gasteiger partial charge >= 0.3 is 0 Å². The number of aryl methyl sites for hydroxylation is 1.